The molecule has 5 heteroatoms. The third kappa shape index (κ3) is 7.12. The minimum atomic E-state index is -1.84. The van der Waals surface area contributed by atoms with Crippen molar-refractivity contribution < 1.29 is 19.0 Å². The molecule has 1 rings (SSSR count). The zero-order valence-electron chi connectivity index (χ0n) is 16.9. The van der Waals surface area contributed by atoms with Gasteiger partial charge in [-0.3, -0.25) is 0 Å². The second-order valence-corrected chi connectivity index (χ2v) is 13.5. The third-order valence-electron chi connectivity index (χ3n) is 5.40. The Labute approximate surface area is 150 Å². The molecule has 24 heavy (non-hydrogen) atoms. The molecule has 1 aliphatic rings. The molecule has 1 heterocycles. The molecule has 0 aromatic carbocycles. The lowest BCUT2D eigenvalue weighted by Crippen LogP contribution is -2.50. The van der Waals surface area contributed by atoms with Gasteiger partial charge >= 0.3 is 0 Å². The van der Waals surface area contributed by atoms with E-state index in [1.54, 1.807) is 0 Å². The van der Waals surface area contributed by atoms with Gasteiger partial charge in [-0.2, -0.15) is 0 Å². The lowest BCUT2D eigenvalue weighted by Gasteiger charge is -2.43. The summed E-state index contributed by atoms with van der Waals surface area (Å²) in [6.45, 7) is 16.1. The second-order valence-electron chi connectivity index (χ2n) is 8.76. The fourth-order valence-corrected chi connectivity index (χ4v) is 3.98. The Morgan fingerprint density at radius 3 is 2.46 bits per heavy atom. The van der Waals surface area contributed by atoms with Gasteiger partial charge in [-0.05, 0) is 50.7 Å². The predicted octanol–water partition coefficient (Wildman–Crippen LogP) is 4.86. The van der Waals surface area contributed by atoms with Gasteiger partial charge in [0.1, 0.15) is 0 Å². The van der Waals surface area contributed by atoms with Crippen molar-refractivity contribution in [3.05, 3.63) is 0 Å². The summed E-state index contributed by atoms with van der Waals surface area (Å²) in [5.41, 5.74) is 0. The van der Waals surface area contributed by atoms with Gasteiger partial charge in [-0.1, -0.05) is 40.5 Å². The van der Waals surface area contributed by atoms with Gasteiger partial charge < -0.3 is 19.0 Å². The largest absolute Gasteiger partial charge is 0.409 e. The molecule has 4 nitrogen and oxygen atoms in total. The van der Waals surface area contributed by atoms with Crippen molar-refractivity contribution in [1.82, 2.24) is 0 Å². The van der Waals surface area contributed by atoms with E-state index in [1.165, 1.54) is 0 Å². The number of unbranched alkanes of at least 4 members (excludes halogenated alkanes) is 1. The van der Waals surface area contributed by atoms with Gasteiger partial charge in [0, 0.05) is 0 Å². The first kappa shape index (κ1) is 22.1. The van der Waals surface area contributed by atoms with Crippen LogP contribution < -0.4 is 0 Å². The lowest BCUT2D eigenvalue weighted by atomic mass is 10.1. The van der Waals surface area contributed by atoms with Crippen molar-refractivity contribution >= 4 is 8.32 Å². The van der Waals surface area contributed by atoms with Gasteiger partial charge in [-0.25, -0.2) is 0 Å². The molecule has 0 unspecified atom stereocenters. The Kier molecular flexibility index (Phi) is 8.90. The summed E-state index contributed by atoms with van der Waals surface area (Å²) < 4.78 is 18.6. The standard InChI is InChI=1S/C19H40O4Si/c1-8-9-10-16(20)13-14-21-18-17(12-11-15(2)22-18)23-24(6,7)19(3,4)5/h15-18,20H,8-14H2,1-7H3/t15-,16-,17-,18-/m0/s1. The highest BCUT2D eigenvalue weighted by Gasteiger charge is 2.42. The molecular formula is C19H40O4Si. The summed E-state index contributed by atoms with van der Waals surface area (Å²) in [6, 6.07) is 0. The van der Waals surface area contributed by atoms with Crippen LogP contribution in [0.25, 0.3) is 0 Å². The molecule has 0 spiro atoms. The molecule has 0 saturated carbocycles. The number of hydrogen-bond donors (Lipinski definition) is 1. The normalized spacial score (nSPS) is 27.2. The highest BCUT2D eigenvalue weighted by molar-refractivity contribution is 6.74. The zero-order chi connectivity index (χ0) is 18.4. The Balaban J connectivity index is 2.54. The molecule has 0 aromatic rings. The van der Waals surface area contributed by atoms with E-state index in [1.807, 2.05) is 0 Å². The Morgan fingerprint density at radius 2 is 1.88 bits per heavy atom. The maximum atomic E-state index is 9.98. The van der Waals surface area contributed by atoms with E-state index in [4.69, 9.17) is 13.9 Å². The summed E-state index contributed by atoms with van der Waals surface area (Å²) in [4.78, 5) is 0. The van der Waals surface area contributed by atoms with E-state index in [0.717, 1.165) is 32.1 Å². The van der Waals surface area contributed by atoms with Crippen LogP contribution in [0.15, 0.2) is 0 Å². The number of ether oxygens (including phenoxy) is 2. The van der Waals surface area contributed by atoms with Crippen LogP contribution in [-0.4, -0.2) is 44.6 Å². The first-order valence-electron chi connectivity index (χ1n) is 9.69. The quantitative estimate of drug-likeness (QED) is 0.597. The Bertz CT molecular complexity index is 354. The maximum Gasteiger partial charge on any atom is 0.192 e. The van der Waals surface area contributed by atoms with E-state index in [2.05, 4.69) is 47.7 Å². The van der Waals surface area contributed by atoms with Gasteiger partial charge in [0.2, 0.25) is 0 Å². The fraction of sp³-hybridized carbons (Fsp3) is 1.00. The topological polar surface area (TPSA) is 47.9 Å². The molecular weight excluding hydrogens is 320 g/mol. The monoisotopic (exact) mass is 360 g/mol. The molecule has 0 amide bonds. The van der Waals surface area contributed by atoms with E-state index in [9.17, 15) is 5.11 Å². The summed E-state index contributed by atoms with van der Waals surface area (Å²) in [7, 11) is -1.84. The van der Waals surface area contributed by atoms with Crippen molar-refractivity contribution in [2.75, 3.05) is 6.61 Å². The molecule has 1 N–H and O–H groups in total. The van der Waals surface area contributed by atoms with Gasteiger partial charge in [0.15, 0.2) is 14.6 Å². The average molecular weight is 361 g/mol. The molecule has 1 fully saturated rings. The van der Waals surface area contributed by atoms with Crippen molar-refractivity contribution in [1.29, 1.82) is 0 Å². The van der Waals surface area contributed by atoms with Crippen LogP contribution in [0.4, 0.5) is 0 Å². The molecule has 144 valence electrons. The number of aliphatic hydroxyl groups excluding tert-OH is 1. The SMILES string of the molecule is CCCC[C@H](O)CCO[C@H]1O[C@@H](C)CC[C@@H]1O[Si](C)(C)C(C)(C)C. The van der Waals surface area contributed by atoms with Crippen LogP contribution >= 0.6 is 0 Å². The van der Waals surface area contributed by atoms with Crippen LogP contribution in [0, 0.1) is 0 Å². The van der Waals surface area contributed by atoms with Crippen molar-refractivity contribution in [3.8, 4) is 0 Å². The first-order chi connectivity index (χ1) is 11.1. The lowest BCUT2D eigenvalue weighted by molar-refractivity contribution is -0.234. The van der Waals surface area contributed by atoms with Crippen LogP contribution in [0.3, 0.4) is 0 Å². The highest BCUT2D eigenvalue weighted by Crippen LogP contribution is 2.39. The summed E-state index contributed by atoms with van der Waals surface area (Å²) >= 11 is 0. The molecule has 1 saturated heterocycles. The highest BCUT2D eigenvalue weighted by atomic mass is 28.4. The first-order valence-corrected chi connectivity index (χ1v) is 12.6. The Hall–Kier alpha value is 0.0569. The van der Waals surface area contributed by atoms with Crippen LogP contribution in [0.1, 0.15) is 73.1 Å². The van der Waals surface area contributed by atoms with Crippen LogP contribution in [-0.2, 0) is 13.9 Å². The molecule has 0 aliphatic carbocycles. The second kappa shape index (κ2) is 9.67. The molecule has 4 atom stereocenters. The molecule has 0 bridgehead atoms. The van der Waals surface area contributed by atoms with Crippen molar-refractivity contribution in [2.24, 2.45) is 0 Å². The minimum absolute atomic E-state index is 0.00914. The average Bonchev–Trinajstić information content (AvgIpc) is 2.46. The third-order valence-corrected chi connectivity index (χ3v) is 9.91. The van der Waals surface area contributed by atoms with Gasteiger partial charge in [-0.15, -0.1) is 0 Å². The van der Waals surface area contributed by atoms with Crippen molar-refractivity contribution in [3.63, 3.8) is 0 Å². The fourth-order valence-electron chi connectivity index (χ4n) is 2.64. The number of aliphatic hydroxyl groups is 1. The van der Waals surface area contributed by atoms with Crippen LogP contribution in [0.2, 0.25) is 18.1 Å². The summed E-state index contributed by atoms with van der Waals surface area (Å²) in [5.74, 6) is 0. The van der Waals surface area contributed by atoms with Crippen LogP contribution in [0.5, 0.6) is 0 Å². The van der Waals surface area contributed by atoms with E-state index < -0.39 is 8.32 Å². The minimum Gasteiger partial charge on any atom is -0.409 e. The Morgan fingerprint density at radius 1 is 1.21 bits per heavy atom. The molecule has 1 aliphatic heterocycles. The van der Waals surface area contributed by atoms with Gasteiger partial charge in [0.05, 0.1) is 24.9 Å². The molecule has 0 radical (unpaired) electrons. The van der Waals surface area contributed by atoms with E-state index >= 15 is 0 Å². The number of rotatable bonds is 9. The summed E-state index contributed by atoms with van der Waals surface area (Å²) in [5, 5.41) is 10.2. The number of hydrogen-bond acceptors (Lipinski definition) is 4. The van der Waals surface area contributed by atoms with E-state index in [0.29, 0.717) is 13.0 Å². The van der Waals surface area contributed by atoms with Crippen molar-refractivity contribution in [2.45, 2.75) is 116 Å². The smallest absolute Gasteiger partial charge is 0.192 e. The van der Waals surface area contributed by atoms with E-state index in [-0.39, 0.29) is 29.6 Å². The predicted molar refractivity (Wildman–Crippen MR) is 102 cm³/mol. The summed E-state index contributed by atoms with van der Waals surface area (Å²) in [6.07, 6.45) is 5.33. The molecule has 0 aromatic heterocycles. The maximum absolute atomic E-state index is 9.98. The van der Waals surface area contributed by atoms with Gasteiger partial charge in [0.25, 0.3) is 0 Å². The zero-order valence-corrected chi connectivity index (χ0v) is 17.9.